The zero-order chi connectivity index (χ0) is 41.7. The smallest absolute Gasteiger partial charge is 0.306 e. The molecule has 6 nitrogen and oxygen atoms in total. The highest BCUT2D eigenvalue weighted by Gasteiger charge is 2.24. The molecular formula is C51H97NO5. The number of hydrogen-bond donors (Lipinski definition) is 3. The van der Waals surface area contributed by atoms with Crippen molar-refractivity contribution in [2.45, 2.75) is 283 Å². The first-order chi connectivity index (χ1) is 28.0. The van der Waals surface area contributed by atoms with Gasteiger partial charge in [-0.25, -0.2) is 0 Å². The summed E-state index contributed by atoms with van der Waals surface area (Å²) in [6.45, 7) is 6.45. The van der Waals surface area contributed by atoms with Crippen LogP contribution in [0, 0.1) is 0 Å². The number of rotatable bonds is 45. The van der Waals surface area contributed by atoms with Gasteiger partial charge in [0.2, 0.25) is 5.91 Å². The molecule has 0 bridgehead atoms. The Kier molecular flexibility index (Phi) is 44.1. The predicted octanol–water partition coefficient (Wildman–Crippen LogP) is 14.7. The Bertz CT molecular complexity index is 904. The second-order valence-electron chi connectivity index (χ2n) is 17.2. The number of aliphatic hydroxyl groups is 2. The fourth-order valence-corrected chi connectivity index (χ4v) is 7.70. The molecule has 57 heavy (non-hydrogen) atoms. The van der Waals surface area contributed by atoms with E-state index in [4.69, 9.17) is 4.74 Å². The van der Waals surface area contributed by atoms with Gasteiger partial charge in [0.15, 0.2) is 0 Å². The highest BCUT2D eigenvalue weighted by molar-refractivity contribution is 5.77. The van der Waals surface area contributed by atoms with Crippen LogP contribution in [0.5, 0.6) is 0 Å². The molecule has 3 unspecified atom stereocenters. The van der Waals surface area contributed by atoms with Crippen molar-refractivity contribution in [1.29, 1.82) is 0 Å². The van der Waals surface area contributed by atoms with E-state index in [1.54, 1.807) is 0 Å². The molecule has 0 aliphatic heterocycles. The molecular weight excluding hydrogens is 707 g/mol. The summed E-state index contributed by atoms with van der Waals surface area (Å²) in [6.07, 6.45) is 50.9. The Morgan fingerprint density at radius 1 is 0.509 bits per heavy atom. The lowest BCUT2D eigenvalue weighted by Crippen LogP contribution is -2.46. The van der Waals surface area contributed by atoms with E-state index in [1.165, 1.54) is 154 Å². The number of amides is 1. The number of carbonyl (C=O) groups excluding carboxylic acids is 2. The van der Waals surface area contributed by atoms with Crippen LogP contribution in [-0.4, -0.2) is 46.9 Å². The fourth-order valence-electron chi connectivity index (χ4n) is 7.70. The predicted molar refractivity (Wildman–Crippen MR) is 246 cm³/mol. The van der Waals surface area contributed by atoms with Gasteiger partial charge < -0.3 is 20.3 Å². The van der Waals surface area contributed by atoms with Gasteiger partial charge in [0.05, 0.1) is 25.2 Å². The minimum absolute atomic E-state index is 0.0731. The van der Waals surface area contributed by atoms with Gasteiger partial charge in [0.25, 0.3) is 0 Å². The van der Waals surface area contributed by atoms with Crippen molar-refractivity contribution < 1.29 is 24.5 Å². The van der Waals surface area contributed by atoms with E-state index in [0.29, 0.717) is 19.3 Å². The highest BCUT2D eigenvalue weighted by Crippen LogP contribution is 2.18. The van der Waals surface area contributed by atoms with Crippen molar-refractivity contribution in [3.8, 4) is 0 Å². The quantitative estimate of drug-likeness (QED) is 0.0324. The van der Waals surface area contributed by atoms with Crippen LogP contribution in [0.2, 0.25) is 0 Å². The average molecular weight is 804 g/mol. The van der Waals surface area contributed by atoms with Crippen LogP contribution in [0.4, 0.5) is 0 Å². The fraction of sp³-hybridized carbons (Fsp3) is 0.882. The van der Waals surface area contributed by atoms with E-state index in [9.17, 15) is 19.8 Å². The van der Waals surface area contributed by atoms with Crippen LogP contribution in [0.15, 0.2) is 24.3 Å². The molecule has 0 aliphatic carbocycles. The largest absolute Gasteiger partial charge is 0.462 e. The van der Waals surface area contributed by atoms with Gasteiger partial charge in [-0.15, -0.1) is 0 Å². The molecule has 0 aliphatic rings. The first kappa shape index (κ1) is 55.3. The summed E-state index contributed by atoms with van der Waals surface area (Å²) in [7, 11) is 0. The molecule has 0 rings (SSSR count). The van der Waals surface area contributed by atoms with Crippen LogP contribution in [-0.2, 0) is 14.3 Å². The number of unbranched alkanes of at least 4 members (excludes halogenated alkanes) is 29. The van der Waals surface area contributed by atoms with E-state index in [-0.39, 0.29) is 24.9 Å². The first-order valence-corrected chi connectivity index (χ1v) is 25.1. The summed E-state index contributed by atoms with van der Waals surface area (Å²) in [5.41, 5.74) is 0. The number of allylic oxidation sites excluding steroid dienone is 4. The number of aliphatic hydroxyl groups excluding tert-OH is 2. The molecule has 0 saturated heterocycles. The number of ether oxygens (including phenoxy) is 1. The van der Waals surface area contributed by atoms with Crippen molar-refractivity contribution in [1.82, 2.24) is 5.32 Å². The van der Waals surface area contributed by atoms with E-state index >= 15 is 0 Å². The van der Waals surface area contributed by atoms with E-state index in [0.717, 1.165) is 64.2 Å². The third-order valence-corrected chi connectivity index (χ3v) is 11.5. The zero-order valence-corrected chi connectivity index (χ0v) is 38.2. The third-order valence-electron chi connectivity index (χ3n) is 11.5. The van der Waals surface area contributed by atoms with Crippen LogP contribution in [0.1, 0.15) is 265 Å². The second-order valence-corrected chi connectivity index (χ2v) is 17.2. The van der Waals surface area contributed by atoms with E-state index in [1.807, 2.05) is 0 Å². The minimum atomic E-state index is -0.786. The number of esters is 1. The van der Waals surface area contributed by atoms with Crippen LogP contribution in [0.25, 0.3) is 0 Å². The molecule has 0 spiro atoms. The zero-order valence-electron chi connectivity index (χ0n) is 38.2. The molecule has 0 aromatic rings. The molecule has 1 amide bonds. The van der Waals surface area contributed by atoms with Gasteiger partial charge in [-0.05, 0) is 57.8 Å². The Morgan fingerprint density at radius 3 is 1.37 bits per heavy atom. The molecule has 0 fully saturated rings. The SMILES string of the molecule is CCCCC/C=C\C/C=C\CCCCCCCC(CC(=O)NC(CO)C(O)CCCCCCCCCCCCCC)OC(=O)CCCCCCCCCCCCC. The van der Waals surface area contributed by atoms with Gasteiger partial charge in [0.1, 0.15) is 6.10 Å². The molecule has 0 radical (unpaired) electrons. The Morgan fingerprint density at radius 2 is 0.895 bits per heavy atom. The lowest BCUT2D eigenvalue weighted by molar-refractivity contribution is -0.151. The monoisotopic (exact) mass is 804 g/mol. The van der Waals surface area contributed by atoms with Crippen molar-refractivity contribution in [2.24, 2.45) is 0 Å². The van der Waals surface area contributed by atoms with Gasteiger partial charge in [-0.1, -0.05) is 218 Å². The maximum Gasteiger partial charge on any atom is 0.306 e. The summed E-state index contributed by atoms with van der Waals surface area (Å²) in [6, 6.07) is -0.700. The molecule has 0 aromatic heterocycles. The van der Waals surface area contributed by atoms with Crippen molar-refractivity contribution in [3.05, 3.63) is 24.3 Å². The lowest BCUT2D eigenvalue weighted by Gasteiger charge is -2.24. The molecule has 0 aromatic carbocycles. The molecule has 0 heterocycles. The molecule has 3 N–H and O–H groups in total. The summed E-state index contributed by atoms with van der Waals surface area (Å²) in [5.74, 6) is -0.477. The summed E-state index contributed by atoms with van der Waals surface area (Å²) < 4.78 is 5.92. The van der Waals surface area contributed by atoms with Crippen LogP contribution >= 0.6 is 0 Å². The normalized spacial score (nSPS) is 13.4. The summed E-state index contributed by atoms with van der Waals surface area (Å²) in [4.78, 5) is 26.1. The molecule has 3 atom stereocenters. The first-order valence-electron chi connectivity index (χ1n) is 25.1. The van der Waals surface area contributed by atoms with Crippen LogP contribution < -0.4 is 5.32 Å². The molecule has 0 saturated carbocycles. The summed E-state index contributed by atoms with van der Waals surface area (Å²) >= 11 is 0. The maximum absolute atomic E-state index is 13.2. The average Bonchev–Trinajstić information content (AvgIpc) is 3.20. The van der Waals surface area contributed by atoms with Gasteiger partial charge in [0, 0.05) is 6.42 Å². The topological polar surface area (TPSA) is 95.9 Å². The Balaban J connectivity index is 4.59. The van der Waals surface area contributed by atoms with Gasteiger partial charge in [-0.3, -0.25) is 9.59 Å². The van der Waals surface area contributed by atoms with Crippen molar-refractivity contribution in [3.63, 3.8) is 0 Å². The minimum Gasteiger partial charge on any atom is -0.462 e. The lowest BCUT2D eigenvalue weighted by atomic mass is 10.0. The summed E-state index contributed by atoms with van der Waals surface area (Å²) in [5, 5.41) is 23.7. The number of hydrogen-bond acceptors (Lipinski definition) is 5. The maximum atomic E-state index is 13.2. The number of carbonyl (C=O) groups is 2. The number of nitrogens with one attached hydrogen (secondary N) is 1. The highest BCUT2D eigenvalue weighted by atomic mass is 16.5. The second kappa shape index (κ2) is 45.4. The van der Waals surface area contributed by atoms with Gasteiger partial charge >= 0.3 is 5.97 Å². The van der Waals surface area contributed by atoms with Crippen molar-refractivity contribution >= 4 is 11.9 Å². The van der Waals surface area contributed by atoms with Crippen molar-refractivity contribution in [2.75, 3.05) is 6.61 Å². The Hall–Kier alpha value is -1.66. The molecule has 336 valence electrons. The van der Waals surface area contributed by atoms with Crippen LogP contribution in [0.3, 0.4) is 0 Å². The van der Waals surface area contributed by atoms with E-state index < -0.39 is 18.2 Å². The van der Waals surface area contributed by atoms with Gasteiger partial charge in [-0.2, -0.15) is 0 Å². The Labute approximate surface area is 354 Å². The third kappa shape index (κ3) is 40.9. The van der Waals surface area contributed by atoms with E-state index in [2.05, 4.69) is 50.4 Å². The standard InChI is InChI=1S/C51H97NO5/c1-4-7-10-13-16-19-22-24-25-26-28-30-33-36-39-42-47(57-51(56)44-41-38-35-32-27-21-18-15-12-9-6-3)45-50(55)52-48(46-53)49(54)43-40-37-34-31-29-23-20-17-14-11-8-5-2/h16,19,24-25,47-49,53-54H,4-15,17-18,20-23,26-46H2,1-3H3,(H,52,55)/b19-16-,25-24-. The molecule has 6 heteroatoms.